The number of rotatable bonds is 7. The van der Waals surface area contributed by atoms with Crippen LogP contribution in [0.25, 0.3) is 17.0 Å². The van der Waals surface area contributed by atoms with Crippen LogP contribution in [0, 0.1) is 0 Å². The van der Waals surface area contributed by atoms with Gasteiger partial charge in [0.2, 0.25) is 5.95 Å². The van der Waals surface area contributed by atoms with Crippen LogP contribution in [0.4, 0.5) is 13.2 Å². The van der Waals surface area contributed by atoms with Gasteiger partial charge in [-0.1, -0.05) is 11.6 Å². The van der Waals surface area contributed by atoms with E-state index in [0.29, 0.717) is 6.42 Å². The highest BCUT2D eigenvalue weighted by atomic mass is 35.5. The van der Waals surface area contributed by atoms with Gasteiger partial charge in [0.1, 0.15) is 11.3 Å². The van der Waals surface area contributed by atoms with E-state index >= 15 is 0 Å². The van der Waals surface area contributed by atoms with Crippen LogP contribution >= 0.6 is 11.6 Å². The minimum atomic E-state index is -4.50. The summed E-state index contributed by atoms with van der Waals surface area (Å²) in [4.78, 5) is 30.3. The Morgan fingerprint density at radius 3 is 2.70 bits per heavy atom. The van der Waals surface area contributed by atoms with E-state index in [9.17, 15) is 22.8 Å². The summed E-state index contributed by atoms with van der Waals surface area (Å²) in [5, 5.41) is 16.8. The van der Waals surface area contributed by atoms with Crippen LogP contribution in [0.3, 0.4) is 0 Å². The van der Waals surface area contributed by atoms with E-state index in [2.05, 4.69) is 20.2 Å². The predicted molar refractivity (Wildman–Crippen MR) is 109 cm³/mol. The van der Waals surface area contributed by atoms with Gasteiger partial charge in [0.25, 0.3) is 5.56 Å². The first-order chi connectivity index (χ1) is 15.6. The summed E-state index contributed by atoms with van der Waals surface area (Å²) < 4.78 is 46.1. The largest absolute Gasteiger partial charge is 0.492 e. The molecule has 0 amide bonds. The summed E-state index contributed by atoms with van der Waals surface area (Å²) in [5.41, 5.74) is -0.985. The van der Waals surface area contributed by atoms with Gasteiger partial charge in [-0.25, -0.2) is 14.5 Å². The van der Waals surface area contributed by atoms with Gasteiger partial charge in [-0.05, 0) is 18.2 Å². The quantitative estimate of drug-likeness (QED) is 0.387. The maximum absolute atomic E-state index is 12.7. The fourth-order valence-corrected chi connectivity index (χ4v) is 3.25. The molecule has 4 rings (SSSR count). The average Bonchev–Trinajstić information content (AvgIpc) is 3.39. The van der Waals surface area contributed by atoms with Gasteiger partial charge in [0.15, 0.2) is 5.52 Å². The average molecular weight is 483 g/mol. The minimum Gasteiger partial charge on any atom is -0.492 e. The molecule has 3 heterocycles. The number of aryl methyl sites for hydroxylation is 1. The molecule has 10 nitrogen and oxygen atoms in total. The molecule has 14 heteroatoms. The lowest BCUT2D eigenvalue weighted by atomic mass is 10.2. The first-order valence-corrected chi connectivity index (χ1v) is 9.75. The standard InChI is InChI=1S/C19H14ClF3N6O4/c20-12-6-11(19(21,22)23)2-3-14(12)33-5-1-4-28-15-13(8-25-28)26-18(27-16(15)30)29-9-10(7-24-29)17(31)32/h2-3,6-9H,1,4-5H2,(H,31,32)(H,26,27,30). The SMILES string of the molecule is O=C(O)c1cnn(-c2nc3cnn(CCCOc4ccc(C(F)(F)F)cc4Cl)c3c(=O)[nH]2)c1. The number of ether oxygens (including phenoxy) is 1. The zero-order chi connectivity index (χ0) is 23.8. The molecule has 33 heavy (non-hydrogen) atoms. The van der Waals surface area contributed by atoms with Crippen molar-refractivity contribution in [1.29, 1.82) is 0 Å². The Kier molecular flexibility index (Phi) is 5.80. The van der Waals surface area contributed by atoms with Crippen LogP contribution in [-0.4, -0.2) is 47.2 Å². The summed E-state index contributed by atoms with van der Waals surface area (Å²) in [5.74, 6) is -1.03. The van der Waals surface area contributed by atoms with Crippen molar-refractivity contribution in [3.8, 4) is 11.7 Å². The summed E-state index contributed by atoms with van der Waals surface area (Å²) in [6.45, 7) is 0.373. The number of carboxylic acid groups (broad SMARTS) is 1. The lowest BCUT2D eigenvalue weighted by molar-refractivity contribution is -0.137. The van der Waals surface area contributed by atoms with Crippen LogP contribution < -0.4 is 10.3 Å². The first-order valence-electron chi connectivity index (χ1n) is 9.37. The third-order valence-corrected chi connectivity index (χ3v) is 4.86. The smallest absolute Gasteiger partial charge is 0.416 e. The first kappa shape index (κ1) is 22.3. The number of halogens is 4. The molecule has 0 atom stereocenters. The lowest BCUT2D eigenvalue weighted by Gasteiger charge is -2.11. The van der Waals surface area contributed by atoms with Gasteiger partial charge in [-0.2, -0.15) is 23.4 Å². The van der Waals surface area contributed by atoms with Gasteiger partial charge in [0, 0.05) is 19.2 Å². The lowest BCUT2D eigenvalue weighted by Crippen LogP contribution is -2.17. The van der Waals surface area contributed by atoms with Crippen molar-refractivity contribution in [2.45, 2.75) is 19.1 Å². The van der Waals surface area contributed by atoms with Crippen molar-refractivity contribution in [3.05, 3.63) is 63.3 Å². The number of alkyl halides is 3. The molecule has 0 aliphatic heterocycles. The Morgan fingerprint density at radius 2 is 2.03 bits per heavy atom. The van der Waals surface area contributed by atoms with E-state index in [1.807, 2.05) is 0 Å². The Hall–Kier alpha value is -3.87. The van der Waals surface area contributed by atoms with Crippen LogP contribution in [-0.2, 0) is 12.7 Å². The molecule has 2 N–H and O–H groups in total. The number of benzene rings is 1. The van der Waals surface area contributed by atoms with Crippen molar-refractivity contribution in [3.63, 3.8) is 0 Å². The molecule has 0 fully saturated rings. The summed E-state index contributed by atoms with van der Waals surface area (Å²) in [6, 6.07) is 2.82. The summed E-state index contributed by atoms with van der Waals surface area (Å²) in [6.07, 6.45) is -0.417. The van der Waals surface area contributed by atoms with E-state index in [1.165, 1.54) is 17.1 Å². The molecule has 0 aliphatic rings. The third kappa shape index (κ3) is 4.67. The molecule has 4 aromatic rings. The van der Waals surface area contributed by atoms with E-state index in [4.69, 9.17) is 21.4 Å². The number of hydrogen-bond donors (Lipinski definition) is 2. The fourth-order valence-electron chi connectivity index (χ4n) is 3.01. The van der Waals surface area contributed by atoms with Crippen LogP contribution in [0.2, 0.25) is 5.02 Å². The van der Waals surface area contributed by atoms with Crippen molar-refractivity contribution >= 4 is 28.6 Å². The zero-order valence-electron chi connectivity index (χ0n) is 16.5. The Bertz CT molecular complexity index is 1390. The van der Waals surface area contributed by atoms with Crippen molar-refractivity contribution in [1.82, 2.24) is 29.5 Å². The molecule has 0 bridgehead atoms. The number of fused-ring (bicyclic) bond motifs is 1. The van der Waals surface area contributed by atoms with Crippen LogP contribution in [0.5, 0.6) is 5.75 Å². The Labute approximate surface area is 187 Å². The summed E-state index contributed by atoms with van der Waals surface area (Å²) >= 11 is 5.86. The predicted octanol–water partition coefficient (Wildman–Crippen LogP) is 3.14. The number of nitrogens with zero attached hydrogens (tertiary/aromatic N) is 5. The second kappa shape index (κ2) is 8.58. The monoisotopic (exact) mass is 482 g/mol. The highest BCUT2D eigenvalue weighted by Crippen LogP contribution is 2.34. The molecular formula is C19H14ClF3N6O4. The molecule has 0 spiro atoms. The highest BCUT2D eigenvalue weighted by Gasteiger charge is 2.31. The highest BCUT2D eigenvalue weighted by molar-refractivity contribution is 6.32. The van der Waals surface area contributed by atoms with Crippen LogP contribution in [0.15, 0.2) is 41.6 Å². The van der Waals surface area contributed by atoms with Gasteiger partial charge in [0.05, 0.1) is 35.2 Å². The topological polar surface area (TPSA) is 128 Å². The number of H-pyrrole nitrogens is 1. The fraction of sp³-hybridized carbons (Fsp3) is 0.211. The van der Waals surface area contributed by atoms with Crippen molar-refractivity contribution in [2.24, 2.45) is 0 Å². The van der Waals surface area contributed by atoms with Gasteiger partial charge in [-0.15, -0.1) is 0 Å². The number of nitrogens with one attached hydrogen (secondary N) is 1. The number of hydrogen-bond acceptors (Lipinski definition) is 6. The van der Waals surface area contributed by atoms with E-state index in [0.717, 1.165) is 29.1 Å². The van der Waals surface area contributed by atoms with Gasteiger partial charge >= 0.3 is 12.1 Å². The minimum absolute atomic E-state index is 0.0276. The van der Waals surface area contributed by atoms with Gasteiger partial charge < -0.3 is 9.84 Å². The van der Waals surface area contributed by atoms with E-state index in [-0.39, 0.29) is 46.5 Å². The maximum Gasteiger partial charge on any atom is 0.416 e. The van der Waals surface area contributed by atoms with Gasteiger partial charge in [-0.3, -0.25) is 14.5 Å². The number of aromatic nitrogens is 6. The van der Waals surface area contributed by atoms with E-state index < -0.39 is 23.3 Å². The molecule has 0 saturated carbocycles. The molecule has 0 radical (unpaired) electrons. The molecule has 172 valence electrons. The Morgan fingerprint density at radius 1 is 1.24 bits per heavy atom. The number of aromatic carboxylic acids is 1. The molecule has 1 aromatic carbocycles. The Balaban J connectivity index is 1.43. The molecular weight excluding hydrogens is 469 g/mol. The zero-order valence-corrected chi connectivity index (χ0v) is 17.3. The number of aromatic amines is 1. The molecule has 0 aliphatic carbocycles. The van der Waals surface area contributed by atoms with Crippen molar-refractivity contribution < 1.29 is 27.8 Å². The maximum atomic E-state index is 12.7. The summed E-state index contributed by atoms with van der Waals surface area (Å²) in [7, 11) is 0. The van der Waals surface area contributed by atoms with E-state index in [1.54, 1.807) is 0 Å². The second-order valence-corrected chi connectivity index (χ2v) is 7.22. The molecule has 3 aromatic heterocycles. The molecule has 0 saturated heterocycles. The van der Waals surface area contributed by atoms with Crippen molar-refractivity contribution in [2.75, 3.05) is 6.61 Å². The van der Waals surface area contributed by atoms with Crippen LogP contribution in [0.1, 0.15) is 22.3 Å². The number of carbonyl (C=O) groups is 1. The number of carboxylic acids is 1. The second-order valence-electron chi connectivity index (χ2n) is 6.81. The molecule has 0 unspecified atom stereocenters. The normalized spacial score (nSPS) is 11.8. The third-order valence-electron chi connectivity index (χ3n) is 4.56.